The number of carbonyl (C=O) groups is 1. The largest absolute Gasteiger partial charge is 0.480 e. The lowest BCUT2D eigenvalue weighted by atomic mass is 10.1. The van der Waals surface area contributed by atoms with E-state index < -0.39 is 6.10 Å². The molecule has 2 aromatic carbocycles. The normalized spacial score (nSPS) is 11.8. The molecule has 1 amide bonds. The zero-order chi connectivity index (χ0) is 16.8. The van der Waals surface area contributed by atoms with Crippen molar-refractivity contribution in [1.29, 1.82) is 0 Å². The van der Waals surface area contributed by atoms with Crippen molar-refractivity contribution in [2.45, 2.75) is 39.8 Å². The number of hydrogen-bond donors (Lipinski definition) is 1. The summed E-state index contributed by atoms with van der Waals surface area (Å²) in [6, 6.07) is 13.4. The fourth-order valence-electron chi connectivity index (χ4n) is 2.35. The van der Waals surface area contributed by atoms with Crippen molar-refractivity contribution in [2.24, 2.45) is 0 Å². The summed E-state index contributed by atoms with van der Waals surface area (Å²) in [5.41, 5.74) is 3.09. The lowest BCUT2D eigenvalue weighted by Gasteiger charge is -2.19. The van der Waals surface area contributed by atoms with E-state index in [1.807, 2.05) is 63.2 Å². The van der Waals surface area contributed by atoms with Crippen molar-refractivity contribution < 1.29 is 9.53 Å². The van der Waals surface area contributed by atoms with E-state index in [4.69, 9.17) is 16.3 Å². The molecule has 0 bridgehead atoms. The Morgan fingerprint density at radius 3 is 2.61 bits per heavy atom. The molecule has 0 saturated carbocycles. The quantitative estimate of drug-likeness (QED) is 0.850. The van der Waals surface area contributed by atoms with Crippen LogP contribution in [0.25, 0.3) is 0 Å². The van der Waals surface area contributed by atoms with Crippen LogP contribution in [0.4, 0.5) is 0 Å². The molecule has 0 aromatic heterocycles. The summed E-state index contributed by atoms with van der Waals surface area (Å²) in [4.78, 5) is 12.4. The third-order valence-electron chi connectivity index (χ3n) is 3.67. The number of ether oxygens (including phenoxy) is 1. The Hall–Kier alpha value is -2.00. The Morgan fingerprint density at radius 2 is 1.96 bits per heavy atom. The first kappa shape index (κ1) is 17.4. The van der Waals surface area contributed by atoms with Crippen LogP contribution in [0.15, 0.2) is 42.5 Å². The molecule has 23 heavy (non-hydrogen) atoms. The van der Waals surface area contributed by atoms with Crippen LogP contribution in [0.2, 0.25) is 5.02 Å². The molecule has 0 fully saturated rings. The molecule has 0 radical (unpaired) electrons. The van der Waals surface area contributed by atoms with Crippen LogP contribution in [0.3, 0.4) is 0 Å². The molecule has 0 aliphatic carbocycles. The average Bonchev–Trinajstić information content (AvgIpc) is 2.53. The van der Waals surface area contributed by atoms with Gasteiger partial charge in [0.2, 0.25) is 0 Å². The first-order chi connectivity index (χ1) is 11.0. The van der Waals surface area contributed by atoms with Gasteiger partial charge < -0.3 is 10.1 Å². The summed E-state index contributed by atoms with van der Waals surface area (Å²) >= 11 is 6.10. The SMILES string of the molecule is CC[C@H](Oc1ccc(C)cc1C)C(=O)NCc1ccccc1Cl. The van der Waals surface area contributed by atoms with E-state index in [0.717, 1.165) is 16.9 Å². The minimum atomic E-state index is -0.515. The second kappa shape index (κ2) is 8.02. The van der Waals surface area contributed by atoms with Crippen LogP contribution < -0.4 is 10.1 Å². The number of halogens is 1. The highest BCUT2D eigenvalue weighted by Gasteiger charge is 2.19. The average molecular weight is 332 g/mol. The van der Waals surface area contributed by atoms with E-state index >= 15 is 0 Å². The Bertz CT molecular complexity index is 685. The van der Waals surface area contributed by atoms with Crippen molar-refractivity contribution in [3.8, 4) is 5.75 Å². The molecule has 1 N–H and O–H groups in total. The molecule has 3 nitrogen and oxygen atoms in total. The van der Waals surface area contributed by atoms with E-state index in [0.29, 0.717) is 18.0 Å². The monoisotopic (exact) mass is 331 g/mol. The first-order valence-corrected chi connectivity index (χ1v) is 8.14. The minimum absolute atomic E-state index is 0.132. The lowest BCUT2D eigenvalue weighted by Crippen LogP contribution is -2.37. The maximum absolute atomic E-state index is 12.4. The molecule has 0 spiro atoms. The van der Waals surface area contributed by atoms with Gasteiger partial charge in [0.05, 0.1) is 0 Å². The van der Waals surface area contributed by atoms with E-state index in [1.54, 1.807) is 0 Å². The second-order valence-corrected chi connectivity index (χ2v) is 6.00. The zero-order valence-electron chi connectivity index (χ0n) is 13.7. The van der Waals surface area contributed by atoms with E-state index in [2.05, 4.69) is 5.32 Å². The van der Waals surface area contributed by atoms with Crippen LogP contribution in [0, 0.1) is 13.8 Å². The number of benzene rings is 2. The van der Waals surface area contributed by atoms with Crippen LogP contribution in [-0.2, 0) is 11.3 Å². The van der Waals surface area contributed by atoms with Crippen LogP contribution in [0.1, 0.15) is 30.0 Å². The molecule has 0 aliphatic heterocycles. The van der Waals surface area contributed by atoms with Crippen molar-refractivity contribution >= 4 is 17.5 Å². The molecular formula is C19H22ClNO2. The van der Waals surface area contributed by atoms with Crippen molar-refractivity contribution in [1.82, 2.24) is 5.32 Å². The van der Waals surface area contributed by atoms with Gasteiger partial charge in [-0.15, -0.1) is 0 Å². The first-order valence-electron chi connectivity index (χ1n) is 7.76. The Balaban J connectivity index is 2.00. The summed E-state index contributed by atoms with van der Waals surface area (Å²) in [5, 5.41) is 3.54. The molecular weight excluding hydrogens is 310 g/mol. The molecule has 0 saturated heterocycles. The number of amides is 1. The van der Waals surface area contributed by atoms with Gasteiger partial charge in [-0.25, -0.2) is 0 Å². The third kappa shape index (κ3) is 4.73. The fourth-order valence-corrected chi connectivity index (χ4v) is 2.55. The molecule has 0 unspecified atom stereocenters. The maximum Gasteiger partial charge on any atom is 0.261 e. The summed E-state index contributed by atoms with van der Waals surface area (Å²) in [6.07, 6.45) is 0.0840. The third-order valence-corrected chi connectivity index (χ3v) is 4.04. The second-order valence-electron chi connectivity index (χ2n) is 5.59. The van der Waals surface area contributed by atoms with Crippen LogP contribution in [-0.4, -0.2) is 12.0 Å². The van der Waals surface area contributed by atoms with Gasteiger partial charge >= 0.3 is 0 Å². The number of aryl methyl sites for hydroxylation is 2. The van der Waals surface area contributed by atoms with Gasteiger partial charge in [0.1, 0.15) is 5.75 Å². The standard InChI is InChI=1S/C19H22ClNO2/c1-4-17(23-18-10-9-13(2)11-14(18)3)19(22)21-12-15-7-5-6-8-16(15)20/h5-11,17H,4,12H2,1-3H3,(H,21,22)/t17-/m0/s1. The lowest BCUT2D eigenvalue weighted by molar-refractivity contribution is -0.128. The topological polar surface area (TPSA) is 38.3 Å². The maximum atomic E-state index is 12.4. The van der Waals surface area contributed by atoms with Crippen LogP contribution in [0.5, 0.6) is 5.75 Å². The van der Waals surface area contributed by atoms with E-state index in [9.17, 15) is 4.79 Å². The van der Waals surface area contributed by atoms with Crippen LogP contribution >= 0.6 is 11.6 Å². The highest BCUT2D eigenvalue weighted by Crippen LogP contribution is 2.21. The van der Waals surface area contributed by atoms with Gasteiger partial charge in [-0.1, -0.05) is 54.4 Å². The summed E-state index contributed by atoms with van der Waals surface area (Å²) in [6.45, 7) is 6.34. The minimum Gasteiger partial charge on any atom is -0.480 e. The van der Waals surface area contributed by atoms with Gasteiger partial charge in [0.15, 0.2) is 6.10 Å². The Kier molecular flexibility index (Phi) is 6.05. The molecule has 2 aromatic rings. The van der Waals surface area contributed by atoms with Gasteiger partial charge in [0.25, 0.3) is 5.91 Å². The fraction of sp³-hybridized carbons (Fsp3) is 0.316. The zero-order valence-corrected chi connectivity index (χ0v) is 14.5. The Morgan fingerprint density at radius 1 is 1.22 bits per heavy atom. The van der Waals surface area contributed by atoms with Gasteiger partial charge in [-0.2, -0.15) is 0 Å². The molecule has 4 heteroatoms. The van der Waals surface area contributed by atoms with Crippen molar-refractivity contribution in [3.05, 3.63) is 64.2 Å². The molecule has 0 heterocycles. The predicted octanol–water partition coefficient (Wildman–Crippen LogP) is 4.43. The Labute approximate surface area is 142 Å². The van der Waals surface area contributed by atoms with Gasteiger partial charge in [-0.3, -0.25) is 4.79 Å². The van der Waals surface area contributed by atoms with Crippen molar-refractivity contribution in [3.63, 3.8) is 0 Å². The number of nitrogens with one attached hydrogen (secondary N) is 1. The highest BCUT2D eigenvalue weighted by atomic mass is 35.5. The molecule has 0 aliphatic rings. The van der Waals surface area contributed by atoms with Gasteiger partial charge in [-0.05, 0) is 43.5 Å². The number of rotatable bonds is 6. The number of hydrogen-bond acceptors (Lipinski definition) is 2. The van der Waals surface area contributed by atoms with Gasteiger partial charge in [0, 0.05) is 11.6 Å². The number of carbonyl (C=O) groups excluding carboxylic acids is 1. The van der Waals surface area contributed by atoms with E-state index in [1.165, 1.54) is 5.56 Å². The molecule has 1 atom stereocenters. The van der Waals surface area contributed by atoms with E-state index in [-0.39, 0.29) is 5.91 Å². The summed E-state index contributed by atoms with van der Waals surface area (Å²) in [5.74, 6) is 0.614. The highest BCUT2D eigenvalue weighted by molar-refractivity contribution is 6.31. The summed E-state index contributed by atoms with van der Waals surface area (Å²) < 4.78 is 5.88. The molecule has 122 valence electrons. The van der Waals surface area contributed by atoms with Crippen molar-refractivity contribution in [2.75, 3.05) is 0 Å². The predicted molar refractivity (Wildman–Crippen MR) is 93.9 cm³/mol. The smallest absolute Gasteiger partial charge is 0.261 e. The molecule has 2 rings (SSSR count). The summed E-state index contributed by atoms with van der Waals surface area (Å²) in [7, 11) is 0.